The molecule has 2 heterocycles. The number of rotatable bonds is 3. The number of morpholine rings is 1. The smallest absolute Gasteiger partial charge is 0.245 e. The van der Waals surface area contributed by atoms with E-state index < -0.39 is 6.04 Å². The lowest BCUT2D eigenvalue weighted by Crippen LogP contribution is -2.54. The molecule has 20 heavy (non-hydrogen) atoms. The summed E-state index contributed by atoms with van der Waals surface area (Å²) in [6.45, 7) is 5.69. The third-order valence-corrected chi connectivity index (χ3v) is 3.31. The quantitative estimate of drug-likeness (QED) is 0.873. The molecule has 2 rings (SSSR count). The molecule has 1 unspecified atom stereocenters. The van der Waals surface area contributed by atoms with E-state index in [2.05, 4.69) is 16.4 Å². The van der Waals surface area contributed by atoms with Crippen LogP contribution in [0.15, 0.2) is 12.3 Å². The molecule has 1 N–H and O–H groups in total. The molecule has 1 aliphatic heterocycles. The molecule has 106 valence electrons. The van der Waals surface area contributed by atoms with E-state index in [1.807, 2.05) is 18.7 Å². The van der Waals surface area contributed by atoms with E-state index >= 15 is 0 Å². The molecule has 0 saturated carbocycles. The van der Waals surface area contributed by atoms with Crippen molar-refractivity contribution in [2.45, 2.75) is 19.9 Å². The van der Waals surface area contributed by atoms with Gasteiger partial charge in [0.05, 0.1) is 18.8 Å². The summed E-state index contributed by atoms with van der Waals surface area (Å²) >= 11 is 0. The number of nitrogens with zero attached hydrogens (tertiary/aromatic N) is 3. The van der Waals surface area contributed by atoms with Crippen molar-refractivity contribution >= 4 is 11.7 Å². The number of likely N-dealkylation sites (N-methyl/N-ethyl adjacent to an activating group) is 1. The first-order valence-corrected chi connectivity index (χ1v) is 6.66. The Morgan fingerprint density at radius 3 is 3.20 bits per heavy atom. The Balaban J connectivity index is 2.36. The van der Waals surface area contributed by atoms with Crippen LogP contribution in [0.1, 0.15) is 18.1 Å². The predicted molar refractivity (Wildman–Crippen MR) is 74.3 cm³/mol. The van der Waals surface area contributed by atoms with Gasteiger partial charge in [0.2, 0.25) is 5.91 Å². The van der Waals surface area contributed by atoms with Crippen LogP contribution in [0.3, 0.4) is 0 Å². The maximum atomic E-state index is 12.1. The van der Waals surface area contributed by atoms with Gasteiger partial charge in [-0.05, 0) is 25.5 Å². The number of carbonyl (C=O) groups is 1. The van der Waals surface area contributed by atoms with Crippen LogP contribution in [0.2, 0.25) is 0 Å². The Bertz CT molecular complexity index is 538. The molecule has 0 bridgehead atoms. The summed E-state index contributed by atoms with van der Waals surface area (Å²) in [6.07, 6.45) is 1.66. The third kappa shape index (κ3) is 2.73. The number of aromatic nitrogens is 1. The second-order valence-corrected chi connectivity index (χ2v) is 4.62. The Labute approximate surface area is 118 Å². The zero-order chi connectivity index (χ0) is 14.5. The summed E-state index contributed by atoms with van der Waals surface area (Å²) in [5, 5.41) is 12.1. The standard InChI is InChI=1S/C14H18N4O2/c1-3-16-14(19)12-9-20-7-6-18(12)13-11(8-15)10(2)4-5-17-13/h4-5,12H,3,6-7,9H2,1-2H3,(H,16,19). The number of amides is 1. The van der Waals surface area contributed by atoms with Crippen molar-refractivity contribution in [2.24, 2.45) is 0 Å². The van der Waals surface area contributed by atoms with Gasteiger partial charge in [-0.3, -0.25) is 4.79 Å². The molecule has 1 aromatic rings. The zero-order valence-corrected chi connectivity index (χ0v) is 11.7. The average Bonchev–Trinajstić information content (AvgIpc) is 2.47. The molecular formula is C14H18N4O2. The molecule has 1 aromatic heterocycles. The van der Waals surface area contributed by atoms with Crippen molar-refractivity contribution < 1.29 is 9.53 Å². The average molecular weight is 274 g/mol. The summed E-state index contributed by atoms with van der Waals surface area (Å²) in [5.74, 6) is 0.464. The van der Waals surface area contributed by atoms with Gasteiger partial charge in [-0.2, -0.15) is 5.26 Å². The molecule has 1 aliphatic rings. The minimum absolute atomic E-state index is 0.0978. The van der Waals surface area contributed by atoms with Gasteiger partial charge in [-0.1, -0.05) is 0 Å². The number of anilines is 1. The van der Waals surface area contributed by atoms with Crippen LogP contribution in [0.5, 0.6) is 0 Å². The van der Waals surface area contributed by atoms with Crippen LogP contribution < -0.4 is 10.2 Å². The van der Waals surface area contributed by atoms with Crippen LogP contribution in [0.25, 0.3) is 0 Å². The van der Waals surface area contributed by atoms with Gasteiger partial charge >= 0.3 is 0 Å². The first-order chi connectivity index (χ1) is 9.69. The SMILES string of the molecule is CCNC(=O)C1COCCN1c1nccc(C)c1C#N. The van der Waals surface area contributed by atoms with Crippen LogP contribution in [0.4, 0.5) is 5.82 Å². The second-order valence-electron chi connectivity index (χ2n) is 4.62. The van der Waals surface area contributed by atoms with Crippen LogP contribution in [-0.4, -0.2) is 43.2 Å². The van der Waals surface area contributed by atoms with E-state index in [0.717, 1.165) is 5.56 Å². The van der Waals surface area contributed by atoms with E-state index in [1.165, 1.54) is 0 Å². The highest BCUT2D eigenvalue weighted by Gasteiger charge is 2.31. The topological polar surface area (TPSA) is 78.2 Å². The van der Waals surface area contributed by atoms with Crippen molar-refractivity contribution in [3.05, 3.63) is 23.4 Å². The maximum Gasteiger partial charge on any atom is 0.245 e. The van der Waals surface area contributed by atoms with E-state index in [-0.39, 0.29) is 5.91 Å². The van der Waals surface area contributed by atoms with Crippen molar-refractivity contribution in [3.8, 4) is 6.07 Å². The van der Waals surface area contributed by atoms with Crippen LogP contribution in [-0.2, 0) is 9.53 Å². The molecule has 0 spiro atoms. The lowest BCUT2D eigenvalue weighted by molar-refractivity contribution is -0.124. The number of hydrogen-bond acceptors (Lipinski definition) is 5. The Kier molecular flexibility index (Phi) is 4.53. The fourth-order valence-corrected chi connectivity index (χ4v) is 2.27. The lowest BCUT2D eigenvalue weighted by atomic mass is 10.1. The van der Waals surface area contributed by atoms with Gasteiger partial charge < -0.3 is 15.0 Å². The van der Waals surface area contributed by atoms with Crippen LogP contribution in [0, 0.1) is 18.3 Å². The van der Waals surface area contributed by atoms with E-state index in [9.17, 15) is 10.1 Å². The molecule has 6 heteroatoms. The van der Waals surface area contributed by atoms with Crippen LogP contribution >= 0.6 is 0 Å². The molecule has 1 saturated heterocycles. The summed E-state index contributed by atoms with van der Waals surface area (Å²) < 4.78 is 5.39. The molecule has 0 radical (unpaired) electrons. The minimum Gasteiger partial charge on any atom is -0.377 e. The highest BCUT2D eigenvalue weighted by Crippen LogP contribution is 2.23. The molecule has 1 fully saturated rings. The molecule has 6 nitrogen and oxygen atoms in total. The Morgan fingerprint density at radius 2 is 2.50 bits per heavy atom. The summed E-state index contributed by atoms with van der Waals surface area (Å²) in [4.78, 5) is 18.3. The second kappa shape index (κ2) is 6.35. The molecule has 0 aliphatic carbocycles. The number of nitrogens with one attached hydrogen (secondary N) is 1. The first-order valence-electron chi connectivity index (χ1n) is 6.66. The Morgan fingerprint density at radius 1 is 1.70 bits per heavy atom. The number of pyridine rings is 1. The maximum absolute atomic E-state index is 12.1. The van der Waals surface area contributed by atoms with Gasteiger partial charge in [0.25, 0.3) is 0 Å². The number of hydrogen-bond donors (Lipinski definition) is 1. The third-order valence-electron chi connectivity index (χ3n) is 3.31. The summed E-state index contributed by atoms with van der Waals surface area (Å²) in [7, 11) is 0. The van der Waals surface area contributed by atoms with Gasteiger partial charge in [0, 0.05) is 19.3 Å². The number of ether oxygens (including phenoxy) is 1. The molecule has 0 aromatic carbocycles. The number of nitriles is 1. The highest BCUT2D eigenvalue weighted by atomic mass is 16.5. The van der Waals surface area contributed by atoms with Crippen molar-refractivity contribution in [3.63, 3.8) is 0 Å². The van der Waals surface area contributed by atoms with Crippen molar-refractivity contribution in [1.82, 2.24) is 10.3 Å². The van der Waals surface area contributed by atoms with E-state index in [4.69, 9.17) is 4.74 Å². The van der Waals surface area contributed by atoms with Gasteiger partial charge in [0.1, 0.15) is 17.9 Å². The monoisotopic (exact) mass is 274 g/mol. The van der Waals surface area contributed by atoms with Crippen molar-refractivity contribution in [2.75, 3.05) is 31.2 Å². The van der Waals surface area contributed by atoms with Gasteiger partial charge in [-0.15, -0.1) is 0 Å². The van der Waals surface area contributed by atoms with E-state index in [1.54, 1.807) is 12.3 Å². The predicted octanol–water partition coefficient (Wildman–Crippen LogP) is 0.603. The molecule has 1 amide bonds. The fourth-order valence-electron chi connectivity index (χ4n) is 2.27. The molecule has 1 atom stereocenters. The van der Waals surface area contributed by atoms with Gasteiger partial charge in [-0.25, -0.2) is 4.98 Å². The van der Waals surface area contributed by atoms with E-state index in [0.29, 0.717) is 37.7 Å². The zero-order valence-electron chi connectivity index (χ0n) is 11.7. The minimum atomic E-state index is -0.440. The van der Waals surface area contributed by atoms with Gasteiger partial charge in [0.15, 0.2) is 0 Å². The first kappa shape index (κ1) is 14.3. The number of carbonyl (C=O) groups excluding carboxylic acids is 1. The normalized spacial score (nSPS) is 18.4. The summed E-state index contributed by atoms with van der Waals surface area (Å²) in [6, 6.07) is 3.53. The highest BCUT2D eigenvalue weighted by molar-refractivity contribution is 5.85. The largest absolute Gasteiger partial charge is 0.377 e. The summed E-state index contributed by atoms with van der Waals surface area (Å²) in [5.41, 5.74) is 1.38. The lowest BCUT2D eigenvalue weighted by Gasteiger charge is -2.35. The molecular weight excluding hydrogens is 256 g/mol. The Hall–Kier alpha value is -2.13. The fraction of sp³-hybridized carbons (Fsp3) is 0.500. The number of aryl methyl sites for hydroxylation is 1. The van der Waals surface area contributed by atoms with Crippen molar-refractivity contribution in [1.29, 1.82) is 5.26 Å².